The standard InChI is InChI=1S/C12H13NO5S/c1-7-9-6-8(17-2)4-5-10(9)18-11(7)12(14)13-19(3,15)16/h4-6H,1-3H3,(H,13,14). The first-order valence-corrected chi connectivity index (χ1v) is 7.30. The van der Waals surface area contributed by atoms with E-state index >= 15 is 0 Å². The Kier molecular flexibility index (Phi) is 3.23. The molecule has 7 heteroatoms. The van der Waals surface area contributed by atoms with Crippen LogP contribution in [0.5, 0.6) is 5.75 Å². The summed E-state index contributed by atoms with van der Waals surface area (Å²) in [5.74, 6) is -0.171. The van der Waals surface area contributed by atoms with E-state index in [9.17, 15) is 13.2 Å². The number of sulfonamides is 1. The van der Waals surface area contributed by atoms with Gasteiger partial charge in [0.15, 0.2) is 5.76 Å². The van der Waals surface area contributed by atoms with Gasteiger partial charge in [0, 0.05) is 10.9 Å². The van der Waals surface area contributed by atoms with E-state index in [1.165, 1.54) is 7.11 Å². The summed E-state index contributed by atoms with van der Waals surface area (Å²) in [5.41, 5.74) is 1.06. The molecule has 0 radical (unpaired) electrons. The fourth-order valence-electron chi connectivity index (χ4n) is 1.76. The number of fused-ring (bicyclic) bond motifs is 1. The highest BCUT2D eigenvalue weighted by Crippen LogP contribution is 2.28. The number of ether oxygens (including phenoxy) is 1. The van der Waals surface area contributed by atoms with Crippen LogP contribution in [0.1, 0.15) is 16.1 Å². The molecule has 0 bridgehead atoms. The molecule has 0 unspecified atom stereocenters. The average Bonchev–Trinajstić information content (AvgIpc) is 2.64. The van der Waals surface area contributed by atoms with E-state index in [0.29, 0.717) is 22.3 Å². The molecule has 1 N–H and O–H groups in total. The smallest absolute Gasteiger partial charge is 0.300 e. The highest BCUT2D eigenvalue weighted by molar-refractivity contribution is 7.89. The number of carbonyl (C=O) groups excluding carboxylic acids is 1. The van der Waals surface area contributed by atoms with Crippen molar-refractivity contribution in [2.75, 3.05) is 13.4 Å². The molecule has 19 heavy (non-hydrogen) atoms. The Labute approximate surface area is 110 Å². The van der Waals surface area contributed by atoms with Crippen LogP contribution < -0.4 is 9.46 Å². The third-order valence-electron chi connectivity index (χ3n) is 2.63. The molecule has 2 aromatic rings. The number of methoxy groups -OCH3 is 1. The molecule has 1 aromatic heterocycles. The Morgan fingerprint density at radius 2 is 2.05 bits per heavy atom. The lowest BCUT2D eigenvalue weighted by Crippen LogP contribution is -2.29. The lowest BCUT2D eigenvalue weighted by molar-refractivity contribution is 0.0956. The molecular formula is C12H13NO5S. The van der Waals surface area contributed by atoms with Crippen molar-refractivity contribution in [2.45, 2.75) is 6.92 Å². The maximum atomic E-state index is 11.8. The van der Waals surface area contributed by atoms with E-state index in [4.69, 9.17) is 9.15 Å². The predicted molar refractivity (Wildman–Crippen MR) is 69.8 cm³/mol. The lowest BCUT2D eigenvalue weighted by atomic mass is 10.1. The van der Waals surface area contributed by atoms with Gasteiger partial charge in [-0.15, -0.1) is 0 Å². The summed E-state index contributed by atoms with van der Waals surface area (Å²) < 4.78 is 34.4. The molecule has 0 spiro atoms. The lowest BCUT2D eigenvalue weighted by Gasteiger charge is -2.00. The number of hydrogen-bond acceptors (Lipinski definition) is 5. The molecule has 1 heterocycles. The van der Waals surface area contributed by atoms with Crippen LogP contribution in [0.25, 0.3) is 11.0 Å². The average molecular weight is 283 g/mol. The topological polar surface area (TPSA) is 85.6 Å². The molecule has 0 saturated carbocycles. The first-order valence-electron chi connectivity index (χ1n) is 5.41. The maximum absolute atomic E-state index is 11.8. The molecule has 0 aliphatic rings. The maximum Gasteiger partial charge on any atom is 0.300 e. The van der Waals surface area contributed by atoms with E-state index in [0.717, 1.165) is 6.26 Å². The summed E-state index contributed by atoms with van der Waals surface area (Å²) in [7, 11) is -2.09. The highest BCUT2D eigenvalue weighted by atomic mass is 32.2. The summed E-state index contributed by atoms with van der Waals surface area (Å²) in [6.07, 6.45) is 0.909. The SMILES string of the molecule is COc1ccc2oc(C(=O)NS(C)(=O)=O)c(C)c2c1. The summed E-state index contributed by atoms with van der Waals surface area (Å²) in [4.78, 5) is 11.8. The first kappa shape index (κ1) is 13.4. The number of carbonyl (C=O) groups is 1. The molecular weight excluding hydrogens is 270 g/mol. The molecule has 1 amide bonds. The molecule has 6 nitrogen and oxygen atoms in total. The second kappa shape index (κ2) is 4.58. The highest BCUT2D eigenvalue weighted by Gasteiger charge is 2.20. The van der Waals surface area contributed by atoms with Gasteiger partial charge in [-0.25, -0.2) is 13.1 Å². The van der Waals surface area contributed by atoms with Crippen LogP contribution in [0.15, 0.2) is 22.6 Å². The monoisotopic (exact) mass is 283 g/mol. The van der Waals surface area contributed by atoms with Gasteiger partial charge in [0.2, 0.25) is 10.0 Å². The second-order valence-corrected chi connectivity index (χ2v) is 5.87. The minimum absolute atomic E-state index is 0.0197. The molecule has 0 atom stereocenters. The zero-order chi connectivity index (χ0) is 14.2. The second-order valence-electron chi connectivity index (χ2n) is 4.12. The summed E-state index contributed by atoms with van der Waals surface area (Å²) in [6, 6.07) is 5.09. The van der Waals surface area contributed by atoms with Crippen LogP contribution in [0.2, 0.25) is 0 Å². The van der Waals surface area contributed by atoms with Crippen molar-refractivity contribution in [3.05, 3.63) is 29.5 Å². The van der Waals surface area contributed by atoms with Gasteiger partial charge in [-0.1, -0.05) is 0 Å². The third kappa shape index (κ3) is 2.70. The fraction of sp³-hybridized carbons (Fsp3) is 0.250. The van der Waals surface area contributed by atoms with Crippen LogP contribution in [0, 0.1) is 6.92 Å². The van der Waals surface area contributed by atoms with Crippen molar-refractivity contribution in [1.82, 2.24) is 4.72 Å². The van der Waals surface area contributed by atoms with E-state index in [1.54, 1.807) is 25.1 Å². The molecule has 1 aromatic carbocycles. The molecule has 0 aliphatic heterocycles. The normalized spacial score (nSPS) is 11.5. The van der Waals surface area contributed by atoms with Gasteiger partial charge >= 0.3 is 5.91 Å². The van der Waals surface area contributed by atoms with E-state index in [1.807, 2.05) is 4.72 Å². The third-order valence-corrected chi connectivity index (χ3v) is 3.18. The van der Waals surface area contributed by atoms with Crippen LogP contribution in [-0.2, 0) is 10.0 Å². The number of rotatable bonds is 3. The van der Waals surface area contributed by atoms with Gasteiger partial charge in [0.05, 0.1) is 13.4 Å². The van der Waals surface area contributed by atoms with Crippen molar-refractivity contribution in [2.24, 2.45) is 0 Å². The molecule has 0 saturated heterocycles. The van der Waals surface area contributed by atoms with Gasteiger partial charge < -0.3 is 9.15 Å². The minimum Gasteiger partial charge on any atom is -0.497 e. The zero-order valence-electron chi connectivity index (χ0n) is 10.7. The quantitative estimate of drug-likeness (QED) is 0.921. The van der Waals surface area contributed by atoms with Crippen molar-refractivity contribution in [1.29, 1.82) is 0 Å². The van der Waals surface area contributed by atoms with Crippen molar-refractivity contribution < 1.29 is 22.4 Å². The largest absolute Gasteiger partial charge is 0.497 e. The van der Waals surface area contributed by atoms with E-state index < -0.39 is 15.9 Å². The first-order chi connectivity index (χ1) is 8.81. The molecule has 102 valence electrons. The Morgan fingerprint density at radius 1 is 1.37 bits per heavy atom. The minimum atomic E-state index is -3.62. The van der Waals surface area contributed by atoms with Crippen molar-refractivity contribution in [3.63, 3.8) is 0 Å². The van der Waals surface area contributed by atoms with Crippen molar-refractivity contribution in [3.8, 4) is 5.75 Å². The van der Waals surface area contributed by atoms with Crippen molar-refractivity contribution >= 4 is 26.9 Å². The molecule has 0 aliphatic carbocycles. The Bertz CT molecular complexity index is 745. The van der Waals surface area contributed by atoms with Gasteiger partial charge in [-0.05, 0) is 25.1 Å². The number of furan rings is 1. The Morgan fingerprint density at radius 3 is 2.63 bits per heavy atom. The van der Waals surface area contributed by atoms with Gasteiger partial charge in [-0.3, -0.25) is 4.79 Å². The van der Waals surface area contributed by atoms with Gasteiger partial charge in [0.1, 0.15) is 11.3 Å². The predicted octanol–water partition coefficient (Wildman–Crippen LogP) is 1.44. The Hall–Kier alpha value is -2.02. The number of amides is 1. The van der Waals surface area contributed by atoms with Crippen LogP contribution in [0.4, 0.5) is 0 Å². The molecule has 2 rings (SSSR count). The Balaban J connectivity index is 2.51. The number of nitrogens with one attached hydrogen (secondary N) is 1. The van der Waals surface area contributed by atoms with E-state index in [-0.39, 0.29) is 5.76 Å². The fourth-order valence-corrected chi connectivity index (χ4v) is 2.19. The number of hydrogen-bond donors (Lipinski definition) is 1. The van der Waals surface area contributed by atoms with E-state index in [2.05, 4.69) is 0 Å². The van der Waals surface area contributed by atoms with Crippen LogP contribution in [-0.4, -0.2) is 27.7 Å². The number of benzene rings is 1. The van der Waals surface area contributed by atoms with Gasteiger partial charge in [-0.2, -0.15) is 0 Å². The number of aryl methyl sites for hydroxylation is 1. The summed E-state index contributed by atoms with van der Waals surface area (Å²) in [5, 5.41) is 0.706. The molecule has 0 fully saturated rings. The summed E-state index contributed by atoms with van der Waals surface area (Å²) >= 11 is 0. The van der Waals surface area contributed by atoms with Crippen LogP contribution >= 0.6 is 0 Å². The van der Waals surface area contributed by atoms with Crippen LogP contribution in [0.3, 0.4) is 0 Å². The summed E-state index contributed by atoms with van der Waals surface area (Å²) in [6.45, 7) is 1.68. The zero-order valence-corrected chi connectivity index (χ0v) is 11.5. The van der Waals surface area contributed by atoms with Gasteiger partial charge in [0.25, 0.3) is 0 Å².